The van der Waals surface area contributed by atoms with E-state index >= 15 is 0 Å². The Hall–Kier alpha value is -1.51. The van der Waals surface area contributed by atoms with E-state index in [0.29, 0.717) is 0 Å². The molecule has 0 radical (unpaired) electrons. The van der Waals surface area contributed by atoms with Gasteiger partial charge in [-0.1, -0.05) is 6.58 Å². The molecule has 64 valence electrons. The van der Waals surface area contributed by atoms with Gasteiger partial charge in [-0.05, 0) is 12.1 Å². The zero-order valence-electron chi connectivity index (χ0n) is 7.28. The highest BCUT2D eigenvalue weighted by Crippen LogP contribution is 2.13. The summed E-state index contributed by atoms with van der Waals surface area (Å²) in [6, 6.07) is 3.33. The minimum absolute atomic E-state index is 0.172. The molecule has 1 N–H and O–H groups in total. The fraction of sp³-hybridized carbons (Fsp3) is 0.222. The fourth-order valence-electron chi connectivity index (χ4n) is 0.786. The minimum atomic E-state index is 0.172. The van der Waals surface area contributed by atoms with Crippen molar-refractivity contribution in [2.45, 2.75) is 0 Å². The average molecular weight is 164 g/mol. The van der Waals surface area contributed by atoms with E-state index in [1.807, 2.05) is 19.0 Å². The van der Waals surface area contributed by atoms with Crippen LogP contribution in [0.3, 0.4) is 0 Å². The lowest BCUT2D eigenvalue weighted by atomic mass is 10.3. The molecule has 1 aromatic heterocycles. The maximum absolute atomic E-state index is 8.97. The summed E-state index contributed by atoms with van der Waals surface area (Å²) < 4.78 is 0. The van der Waals surface area contributed by atoms with E-state index in [1.54, 1.807) is 12.1 Å². The Bertz CT molecular complexity index is 277. The van der Waals surface area contributed by atoms with E-state index in [9.17, 15) is 0 Å². The molecule has 0 atom stereocenters. The number of hydrogen-bond donors (Lipinski definition) is 1. The normalized spacial score (nSPS) is 9.50. The van der Waals surface area contributed by atoms with Gasteiger partial charge in [0.15, 0.2) is 0 Å². The second-order valence-electron chi connectivity index (χ2n) is 2.74. The Labute approximate surface area is 72.0 Å². The number of pyridine rings is 1. The first-order valence-corrected chi connectivity index (χ1v) is 3.63. The smallest absolute Gasteiger partial charge is 0.133 e. The quantitative estimate of drug-likeness (QED) is 0.716. The van der Waals surface area contributed by atoms with Gasteiger partial charge in [0.1, 0.15) is 5.75 Å². The number of aromatic nitrogens is 1. The van der Waals surface area contributed by atoms with E-state index in [1.165, 1.54) is 6.20 Å². The first-order chi connectivity index (χ1) is 5.61. The molecule has 0 amide bonds. The Morgan fingerprint density at radius 3 is 2.58 bits per heavy atom. The molecule has 0 saturated carbocycles. The maximum Gasteiger partial charge on any atom is 0.133 e. The van der Waals surface area contributed by atoms with E-state index in [2.05, 4.69) is 11.6 Å². The highest BCUT2D eigenvalue weighted by molar-refractivity contribution is 5.57. The summed E-state index contributed by atoms with van der Waals surface area (Å²) in [7, 11) is 3.80. The fourth-order valence-corrected chi connectivity index (χ4v) is 0.786. The lowest BCUT2D eigenvalue weighted by molar-refractivity contribution is 0.472. The first-order valence-electron chi connectivity index (χ1n) is 3.63. The molecular formula is C9H12N2O. The SMILES string of the molecule is C=C(c1ccc(O)cn1)N(C)C. The molecule has 1 aromatic rings. The number of hydrogen-bond acceptors (Lipinski definition) is 3. The summed E-state index contributed by atoms with van der Waals surface area (Å²) in [6.07, 6.45) is 1.41. The molecule has 12 heavy (non-hydrogen) atoms. The maximum atomic E-state index is 8.97. The second-order valence-corrected chi connectivity index (χ2v) is 2.74. The molecule has 0 saturated heterocycles. The van der Waals surface area contributed by atoms with Gasteiger partial charge in [0.25, 0.3) is 0 Å². The highest BCUT2D eigenvalue weighted by atomic mass is 16.3. The van der Waals surface area contributed by atoms with Gasteiger partial charge in [-0.15, -0.1) is 0 Å². The molecule has 0 aromatic carbocycles. The third-order valence-electron chi connectivity index (χ3n) is 1.58. The lowest BCUT2D eigenvalue weighted by Gasteiger charge is -2.14. The van der Waals surface area contributed by atoms with Gasteiger partial charge in [0, 0.05) is 14.1 Å². The summed E-state index contributed by atoms with van der Waals surface area (Å²) >= 11 is 0. The van der Waals surface area contributed by atoms with Crippen LogP contribution in [0.25, 0.3) is 5.70 Å². The van der Waals surface area contributed by atoms with Crippen molar-refractivity contribution in [1.82, 2.24) is 9.88 Å². The Kier molecular flexibility index (Phi) is 2.33. The van der Waals surface area contributed by atoms with Crippen molar-refractivity contribution in [3.63, 3.8) is 0 Å². The third kappa shape index (κ3) is 1.75. The topological polar surface area (TPSA) is 36.4 Å². The third-order valence-corrected chi connectivity index (χ3v) is 1.58. The zero-order valence-corrected chi connectivity index (χ0v) is 7.28. The molecule has 0 spiro atoms. The van der Waals surface area contributed by atoms with Gasteiger partial charge in [-0.2, -0.15) is 0 Å². The summed E-state index contributed by atoms with van der Waals surface area (Å²) in [5, 5.41) is 8.97. The van der Waals surface area contributed by atoms with Crippen LogP contribution in [-0.4, -0.2) is 29.1 Å². The van der Waals surface area contributed by atoms with Crippen molar-refractivity contribution < 1.29 is 5.11 Å². The predicted molar refractivity (Wildman–Crippen MR) is 48.6 cm³/mol. The monoisotopic (exact) mass is 164 g/mol. The van der Waals surface area contributed by atoms with Crippen molar-refractivity contribution in [2.75, 3.05) is 14.1 Å². The van der Waals surface area contributed by atoms with Crippen LogP contribution in [0, 0.1) is 0 Å². The molecule has 0 aliphatic heterocycles. The van der Waals surface area contributed by atoms with Crippen molar-refractivity contribution in [3.05, 3.63) is 30.6 Å². The van der Waals surface area contributed by atoms with Crippen LogP contribution in [0.2, 0.25) is 0 Å². The molecule has 0 unspecified atom stereocenters. The van der Waals surface area contributed by atoms with Crippen LogP contribution in [0.4, 0.5) is 0 Å². The van der Waals surface area contributed by atoms with Crippen LogP contribution < -0.4 is 0 Å². The summed E-state index contributed by atoms with van der Waals surface area (Å²) in [6.45, 7) is 3.84. The van der Waals surface area contributed by atoms with E-state index in [4.69, 9.17) is 5.11 Å². The van der Waals surface area contributed by atoms with Crippen LogP contribution in [0.15, 0.2) is 24.9 Å². The van der Waals surface area contributed by atoms with Gasteiger partial charge < -0.3 is 10.0 Å². The van der Waals surface area contributed by atoms with E-state index in [0.717, 1.165) is 11.4 Å². The molecule has 3 nitrogen and oxygen atoms in total. The molecule has 1 rings (SSSR count). The number of nitrogens with zero attached hydrogens (tertiary/aromatic N) is 2. The van der Waals surface area contributed by atoms with Crippen molar-refractivity contribution in [2.24, 2.45) is 0 Å². The van der Waals surface area contributed by atoms with Crippen LogP contribution in [0.5, 0.6) is 5.75 Å². The van der Waals surface area contributed by atoms with Crippen LogP contribution >= 0.6 is 0 Å². The number of rotatable bonds is 2. The summed E-state index contributed by atoms with van der Waals surface area (Å²) in [4.78, 5) is 5.88. The van der Waals surface area contributed by atoms with E-state index in [-0.39, 0.29) is 5.75 Å². The van der Waals surface area contributed by atoms with Crippen LogP contribution in [-0.2, 0) is 0 Å². The molecule has 3 heteroatoms. The Balaban J connectivity index is 2.90. The van der Waals surface area contributed by atoms with Gasteiger partial charge in [0.2, 0.25) is 0 Å². The molecule has 0 aliphatic rings. The Morgan fingerprint density at radius 2 is 2.17 bits per heavy atom. The first kappa shape index (κ1) is 8.59. The molecule has 1 heterocycles. The zero-order chi connectivity index (χ0) is 9.14. The standard InChI is InChI=1S/C9H12N2O/c1-7(11(2)3)9-5-4-8(12)6-10-9/h4-6,12H,1H2,2-3H3. The largest absolute Gasteiger partial charge is 0.506 e. The van der Waals surface area contributed by atoms with Crippen molar-refractivity contribution >= 4 is 5.70 Å². The van der Waals surface area contributed by atoms with Gasteiger partial charge >= 0.3 is 0 Å². The minimum Gasteiger partial charge on any atom is -0.506 e. The molecular weight excluding hydrogens is 152 g/mol. The van der Waals surface area contributed by atoms with Gasteiger partial charge in [-0.3, -0.25) is 4.98 Å². The summed E-state index contributed by atoms with van der Waals surface area (Å²) in [5.41, 5.74) is 1.60. The lowest BCUT2D eigenvalue weighted by Crippen LogP contribution is -2.09. The molecule has 0 fully saturated rings. The van der Waals surface area contributed by atoms with Crippen molar-refractivity contribution in [3.8, 4) is 5.75 Å². The van der Waals surface area contributed by atoms with Gasteiger partial charge in [0.05, 0.1) is 17.6 Å². The summed E-state index contributed by atoms with van der Waals surface area (Å²) in [5.74, 6) is 0.172. The highest BCUT2D eigenvalue weighted by Gasteiger charge is 2.01. The molecule has 0 bridgehead atoms. The van der Waals surface area contributed by atoms with Gasteiger partial charge in [-0.25, -0.2) is 0 Å². The second kappa shape index (κ2) is 3.26. The number of aromatic hydroxyl groups is 1. The Morgan fingerprint density at radius 1 is 1.50 bits per heavy atom. The van der Waals surface area contributed by atoms with E-state index < -0.39 is 0 Å². The molecule has 0 aliphatic carbocycles. The van der Waals surface area contributed by atoms with Crippen LogP contribution in [0.1, 0.15) is 5.69 Å². The predicted octanol–water partition coefficient (Wildman–Crippen LogP) is 1.32. The van der Waals surface area contributed by atoms with Crippen molar-refractivity contribution in [1.29, 1.82) is 0 Å². The average Bonchev–Trinajstić information content (AvgIpc) is 2.04.